The van der Waals surface area contributed by atoms with Crippen LogP contribution in [0.3, 0.4) is 0 Å². The van der Waals surface area contributed by atoms with Gasteiger partial charge in [0.05, 0.1) is 0 Å². The summed E-state index contributed by atoms with van der Waals surface area (Å²) >= 11 is 0. The van der Waals surface area contributed by atoms with Gasteiger partial charge in [-0.25, -0.2) is 8.78 Å². The normalized spacial score (nSPS) is 17.2. The lowest BCUT2D eigenvalue weighted by atomic mass is 9.97. The van der Waals surface area contributed by atoms with Crippen molar-refractivity contribution in [2.24, 2.45) is 0 Å². The quantitative estimate of drug-likeness (QED) is 0.343. The fourth-order valence-corrected chi connectivity index (χ4v) is 1.30. The maximum absolute atomic E-state index is 12.9. The minimum absolute atomic E-state index is 5.60. The van der Waals surface area contributed by atoms with E-state index in [2.05, 4.69) is 0 Å². The van der Waals surface area contributed by atoms with E-state index in [9.17, 15) is 87.8 Å². The van der Waals surface area contributed by atoms with Crippen molar-refractivity contribution in [1.82, 2.24) is 0 Å². The summed E-state index contributed by atoms with van der Waals surface area (Å²) in [6.07, 6.45) is -15.5. The molecular weight excluding hydrogens is 500 g/mol. The zero-order valence-corrected chi connectivity index (χ0v) is 12.6. The summed E-state index contributed by atoms with van der Waals surface area (Å²) in [7, 11) is 0. The Morgan fingerprint density at radius 1 is 0.300 bits per heavy atom. The second kappa shape index (κ2) is 6.92. The number of halogens is 20. The van der Waals surface area contributed by atoms with E-state index < -0.39 is 59.5 Å². The first-order chi connectivity index (χ1) is 12.6. The summed E-state index contributed by atoms with van der Waals surface area (Å²) in [5.74, 6) is -60.1. The van der Waals surface area contributed by atoms with Crippen LogP contribution in [0.5, 0.6) is 0 Å². The second-order valence-electron chi connectivity index (χ2n) is 5.07. The Morgan fingerprint density at radius 2 is 0.467 bits per heavy atom. The molecule has 0 radical (unpaired) electrons. The molecule has 0 unspecified atom stereocenters. The van der Waals surface area contributed by atoms with Crippen molar-refractivity contribution in [2.45, 2.75) is 47.9 Å². The van der Waals surface area contributed by atoms with Crippen molar-refractivity contribution >= 4 is 0 Å². The summed E-state index contributed by atoms with van der Waals surface area (Å²) in [6, 6.07) is 0. The van der Waals surface area contributed by atoms with E-state index in [-0.39, 0.29) is 0 Å². The first kappa shape index (κ1) is 28.3. The van der Waals surface area contributed by atoms with Crippen molar-refractivity contribution < 1.29 is 87.8 Å². The number of hydrogen-bond donors (Lipinski definition) is 0. The van der Waals surface area contributed by atoms with Crippen LogP contribution < -0.4 is 0 Å². The molecule has 180 valence electrons. The number of alkyl halides is 18. The monoisotopic (exact) mass is 500 g/mol. The highest BCUT2D eigenvalue weighted by Crippen LogP contribution is 2.59. The smallest absolute Gasteiger partial charge is 0.202 e. The van der Waals surface area contributed by atoms with Gasteiger partial charge in [0.25, 0.3) is 0 Å². The van der Waals surface area contributed by atoms with Crippen molar-refractivity contribution in [3.63, 3.8) is 0 Å². The molecule has 0 spiro atoms. The highest BCUT2D eigenvalue weighted by Gasteiger charge is 2.86. The van der Waals surface area contributed by atoms with Crippen LogP contribution in [0.25, 0.3) is 0 Å². The lowest BCUT2D eigenvalue weighted by Crippen LogP contribution is -2.63. The minimum Gasteiger partial charge on any atom is -0.202 e. The summed E-state index contributed by atoms with van der Waals surface area (Å²) < 4.78 is 249. The van der Waals surface area contributed by atoms with Gasteiger partial charge in [-0.2, -0.15) is 79.0 Å². The molecule has 0 aromatic carbocycles. The van der Waals surface area contributed by atoms with Gasteiger partial charge in [-0.15, -0.1) is 0 Å². The largest absolute Gasteiger partial charge is 0.460 e. The number of allylic oxidation sites excluding steroid dienone is 2. The Bertz CT molecular complexity index is 613. The standard InChI is InChI=1S/C10F20/c11-1(3(13,14)5(17,18)7(21,22)9(25,26)27)2(12)4(15,16)6(19,20)8(23,24)10(28,29)30. The first-order valence-corrected chi connectivity index (χ1v) is 6.03. The SMILES string of the molecule is FC(=C(F)C(F)(F)C(F)(F)C(F)(F)C(F)(F)F)C(F)(F)C(F)(F)C(F)(F)C(F)(F)F. The molecule has 0 bridgehead atoms. The summed E-state index contributed by atoms with van der Waals surface area (Å²) in [4.78, 5) is 0. The van der Waals surface area contributed by atoms with Gasteiger partial charge in [-0.05, 0) is 0 Å². The summed E-state index contributed by atoms with van der Waals surface area (Å²) in [5, 5.41) is 0. The van der Waals surface area contributed by atoms with Crippen LogP contribution in [0.4, 0.5) is 87.8 Å². The highest BCUT2D eigenvalue weighted by molar-refractivity contribution is 5.25. The van der Waals surface area contributed by atoms with E-state index >= 15 is 0 Å². The van der Waals surface area contributed by atoms with E-state index in [0.29, 0.717) is 0 Å². The molecule has 0 aromatic heterocycles. The zero-order valence-electron chi connectivity index (χ0n) is 12.6. The van der Waals surface area contributed by atoms with E-state index in [1.165, 1.54) is 0 Å². The number of rotatable bonds is 6. The lowest BCUT2D eigenvalue weighted by molar-refractivity contribution is -0.396. The molecule has 0 amide bonds. The summed E-state index contributed by atoms with van der Waals surface area (Å²) in [5.41, 5.74) is 0. The van der Waals surface area contributed by atoms with Crippen LogP contribution in [-0.4, -0.2) is 47.9 Å². The first-order valence-electron chi connectivity index (χ1n) is 6.03. The molecule has 0 aromatic rings. The van der Waals surface area contributed by atoms with Crippen LogP contribution in [0.2, 0.25) is 0 Å². The van der Waals surface area contributed by atoms with Crippen molar-refractivity contribution in [2.75, 3.05) is 0 Å². The molecule has 0 nitrogen and oxygen atoms in total. The van der Waals surface area contributed by atoms with E-state index in [4.69, 9.17) is 0 Å². The average molecular weight is 500 g/mol. The van der Waals surface area contributed by atoms with Gasteiger partial charge in [0.2, 0.25) is 11.7 Å². The molecular formula is C10F20. The molecule has 0 heterocycles. The molecule has 0 aliphatic carbocycles. The molecule has 0 aliphatic rings. The third-order valence-electron chi connectivity index (χ3n) is 3.03. The Kier molecular flexibility index (Phi) is 6.54. The second-order valence-corrected chi connectivity index (χ2v) is 5.07. The third-order valence-corrected chi connectivity index (χ3v) is 3.03. The molecule has 0 atom stereocenters. The predicted molar refractivity (Wildman–Crippen MR) is 51.0 cm³/mol. The van der Waals surface area contributed by atoms with Crippen LogP contribution in [0, 0.1) is 0 Å². The van der Waals surface area contributed by atoms with Gasteiger partial charge < -0.3 is 0 Å². The molecule has 0 fully saturated rings. The zero-order chi connectivity index (χ0) is 25.2. The molecule has 0 saturated carbocycles. The van der Waals surface area contributed by atoms with Gasteiger partial charge in [0, 0.05) is 0 Å². The molecule has 20 heteroatoms. The van der Waals surface area contributed by atoms with Crippen molar-refractivity contribution in [3.8, 4) is 0 Å². The third kappa shape index (κ3) is 3.62. The van der Waals surface area contributed by atoms with Gasteiger partial charge in [-0.1, -0.05) is 0 Å². The average Bonchev–Trinajstić information content (AvgIpc) is 2.50. The molecule has 0 rings (SSSR count). The van der Waals surface area contributed by atoms with E-state index in [1.54, 1.807) is 0 Å². The van der Waals surface area contributed by atoms with Crippen LogP contribution in [-0.2, 0) is 0 Å². The summed E-state index contributed by atoms with van der Waals surface area (Å²) in [6.45, 7) is 0. The van der Waals surface area contributed by atoms with E-state index in [1.807, 2.05) is 0 Å². The van der Waals surface area contributed by atoms with Gasteiger partial charge >= 0.3 is 47.9 Å². The number of hydrogen-bond acceptors (Lipinski definition) is 0. The van der Waals surface area contributed by atoms with Crippen molar-refractivity contribution in [3.05, 3.63) is 11.7 Å². The maximum atomic E-state index is 12.9. The van der Waals surface area contributed by atoms with Crippen LogP contribution in [0.1, 0.15) is 0 Å². The van der Waals surface area contributed by atoms with Gasteiger partial charge in [-0.3, -0.25) is 0 Å². The Hall–Kier alpha value is -1.66. The molecule has 30 heavy (non-hydrogen) atoms. The Balaban J connectivity index is 6.80. The minimum atomic E-state index is -8.27. The fourth-order valence-electron chi connectivity index (χ4n) is 1.30. The topological polar surface area (TPSA) is 0 Å². The molecule has 0 N–H and O–H groups in total. The molecule has 0 aliphatic heterocycles. The maximum Gasteiger partial charge on any atom is 0.460 e. The molecule has 0 saturated heterocycles. The highest BCUT2D eigenvalue weighted by atomic mass is 19.4. The van der Waals surface area contributed by atoms with Crippen molar-refractivity contribution in [1.29, 1.82) is 0 Å². The predicted octanol–water partition coefficient (Wildman–Crippen LogP) is 7.07. The lowest BCUT2D eigenvalue weighted by Gasteiger charge is -2.35. The van der Waals surface area contributed by atoms with Crippen LogP contribution in [0.15, 0.2) is 11.7 Å². The van der Waals surface area contributed by atoms with Crippen LogP contribution >= 0.6 is 0 Å². The Labute approximate surface area is 149 Å². The van der Waals surface area contributed by atoms with Gasteiger partial charge in [0.1, 0.15) is 0 Å². The fraction of sp³-hybridized carbons (Fsp3) is 0.800. The van der Waals surface area contributed by atoms with E-state index in [0.717, 1.165) is 0 Å². The Morgan fingerprint density at radius 3 is 0.600 bits per heavy atom. The van der Waals surface area contributed by atoms with Gasteiger partial charge in [0.15, 0.2) is 0 Å².